The zero-order valence-corrected chi connectivity index (χ0v) is 18.9. The molecule has 0 atom stereocenters. The standard InChI is InChI=1S/C23H20ClN7O3/c1-2-34-23(33)19-4-3-5-21-28-17(13-31(19)21)12-30-11-15(9-27-30)22(32)25-10-18-20-8-16(24)6-7-29(20)14-26-18/h3-9,11,13-14H,2,10,12H2,1H3,(H,25,32). The fourth-order valence-electron chi connectivity index (χ4n) is 3.66. The molecule has 172 valence electrons. The van der Waals surface area contributed by atoms with E-state index in [2.05, 4.69) is 20.4 Å². The molecule has 0 fully saturated rings. The Morgan fingerprint density at radius 2 is 2.09 bits per heavy atom. The van der Waals surface area contributed by atoms with Crippen LogP contribution in [0.25, 0.3) is 11.2 Å². The largest absolute Gasteiger partial charge is 0.461 e. The Bertz CT molecular complexity index is 1520. The molecule has 0 spiro atoms. The predicted octanol–water partition coefficient (Wildman–Crippen LogP) is 2.99. The van der Waals surface area contributed by atoms with Gasteiger partial charge in [0.2, 0.25) is 0 Å². The number of aromatic nitrogens is 6. The van der Waals surface area contributed by atoms with E-state index in [0.717, 1.165) is 5.52 Å². The molecule has 5 aromatic rings. The summed E-state index contributed by atoms with van der Waals surface area (Å²) in [5.41, 5.74) is 3.67. The molecule has 11 heteroatoms. The maximum absolute atomic E-state index is 12.6. The van der Waals surface area contributed by atoms with Crippen molar-refractivity contribution >= 4 is 34.6 Å². The van der Waals surface area contributed by atoms with Gasteiger partial charge in [0.05, 0.1) is 54.7 Å². The third kappa shape index (κ3) is 4.23. The van der Waals surface area contributed by atoms with E-state index in [1.807, 2.05) is 10.6 Å². The minimum atomic E-state index is -0.414. The van der Waals surface area contributed by atoms with E-state index in [1.54, 1.807) is 65.1 Å². The lowest BCUT2D eigenvalue weighted by atomic mass is 10.3. The monoisotopic (exact) mass is 477 g/mol. The first kappa shape index (κ1) is 21.7. The summed E-state index contributed by atoms with van der Waals surface area (Å²) in [6.45, 7) is 2.64. The summed E-state index contributed by atoms with van der Waals surface area (Å²) in [6.07, 6.45) is 8.39. The van der Waals surface area contributed by atoms with Crippen molar-refractivity contribution in [3.63, 3.8) is 0 Å². The Kier molecular flexibility index (Phi) is 5.72. The highest BCUT2D eigenvalue weighted by atomic mass is 35.5. The molecular weight excluding hydrogens is 458 g/mol. The van der Waals surface area contributed by atoms with Crippen molar-refractivity contribution in [3.8, 4) is 0 Å². The van der Waals surface area contributed by atoms with E-state index in [4.69, 9.17) is 16.3 Å². The zero-order chi connectivity index (χ0) is 23.7. The molecule has 0 radical (unpaired) electrons. The molecule has 1 N–H and O–H groups in total. The minimum Gasteiger partial charge on any atom is -0.461 e. The van der Waals surface area contributed by atoms with Gasteiger partial charge in [-0.2, -0.15) is 5.10 Å². The predicted molar refractivity (Wildman–Crippen MR) is 124 cm³/mol. The first-order valence-corrected chi connectivity index (χ1v) is 11.0. The number of carbonyl (C=O) groups excluding carboxylic acids is 2. The van der Waals surface area contributed by atoms with Gasteiger partial charge in [0.15, 0.2) is 0 Å². The molecule has 0 saturated carbocycles. The van der Waals surface area contributed by atoms with Gasteiger partial charge in [-0.25, -0.2) is 14.8 Å². The summed E-state index contributed by atoms with van der Waals surface area (Å²) >= 11 is 6.07. The highest BCUT2D eigenvalue weighted by Crippen LogP contribution is 2.16. The lowest BCUT2D eigenvalue weighted by Crippen LogP contribution is -2.22. The van der Waals surface area contributed by atoms with Gasteiger partial charge in [0.25, 0.3) is 5.91 Å². The summed E-state index contributed by atoms with van der Waals surface area (Å²) in [5.74, 6) is -0.683. The number of pyridine rings is 2. The zero-order valence-electron chi connectivity index (χ0n) is 18.2. The van der Waals surface area contributed by atoms with Crippen LogP contribution in [0.2, 0.25) is 5.02 Å². The highest BCUT2D eigenvalue weighted by molar-refractivity contribution is 6.30. The van der Waals surface area contributed by atoms with Gasteiger partial charge in [-0.1, -0.05) is 17.7 Å². The Morgan fingerprint density at radius 3 is 2.94 bits per heavy atom. The van der Waals surface area contributed by atoms with Crippen molar-refractivity contribution in [2.75, 3.05) is 6.61 Å². The van der Waals surface area contributed by atoms with Gasteiger partial charge in [-0.15, -0.1) is 0 Å². The molecule has 1 amide bonds. The molecule has 0 unspecified atom stereocenters. The number of fused-ring (bicyclic) bond motifs is 2. The highest BCUT2D eigenvalue weighted by Gasteiger charge is 2.15. The van der Waals surface area contributed by atoms with Crippen LogP contribution in [0.1, 0.15) is 39.2 Å². The summed E-state index contributed by atoms with van der Waals surface area (Å²) < 4.78 is 10.3. The van der Waals surface area contributed by atoms with Crippen molar-refractivity contribution in [2.45, 2.75) is 20.0 Å². The second-order valence-electron chi connectivity index (χ2n) is 7.53. The van der Waals surface area contributed by atoms with Crippen molar-refractivity contribution in [1.29, 1.82) is 0 Å². The Morgan fingerprint density at radius 1 is 1.21 bits per heavy atom. The molecule has 0 saturated heterocycles. The van der Waals surface area contributed by atoms with Crippen LogP contribution < -0.4 is 5.32 Å². The number of imidazole rings is 2. The van der Waals surface area contributed by atoms with E-state index in [1.165, 1.54) is 6.20 Å². The first-order chi connectivity index (χ1) is 16.5. The summed E-state index contributed by atoms with van der Waals surface area (Å²) in [7, 11) is 0. The van der Waals surface area contributed by atoms with Gasteiger partial charge in [-0.3, -0.25) is 13.9 Å². The van der Waals surface area contributed by atoms with Gasteiger partial charge < -0.3 is 14.5 Å². The number of halogens is 1. The molecule has 5 aromatic heterocycles. The SMILES string of the molecule is CCOC(=O)c1cccc2nc(Cn3cc(C(=O)NCc4ncn5ccc(Cl)cc45)cn3)cn12. The molecule has 34 heavy (non-hydrogen) atoms. The van der Waals surface area contributed by atoms with Gasteiger partial charge in [0.1, 0.15) is 11.3 Å². The van der Waals surface area contributed by atoms with Crippen molar-refractivity contribution in [3.05, 3.63) is 89.1 Å². The maximum atomic E-state index is 12.6. The molecule has 5 rings (SSSR count). The second-order valence-corrected chi connectivity index (χ2v) is 7.97. The summed E-state index contributed by atoms with van der Waals surface area (Å²) in [5, 5.41) is 7.74. The topological polar surface area (TPSA) is 108 Å². The van der Waals surface area contributed by atoms with Gasteiger partial charge in [-0.05, 0) is 31.2 Å². The van der Waals surface area contributed by atoms with E-state index in [0.29, 0.717) is 46.5 Å². The summed E-state index contributed by atoms with van der Waals surface area (Å²) in [6, 6.07) is 8.82. The fourth-order valence-corrected chi connectivity index (χ4v) is 3.82. The number of hydrogen-bond donors (Lipinski definition) is 1. The normalized spacial score (nSPS) is 11.2. The van der Waals surface area contributed by atoms with Crippen molar-refractivity contribution in [1.82, 2.24) is 33.9 Å². The van der Waals surface area contributed by atoms with Crippen LogP contribution in [0.3, 0.4) is 0 Å². The number of rotatable bonds is 7. The van der Waals surface area contributed by atoms with Crippen LogP contribution in [-0.4, -0.2) is 47.0 Å². The molecule has 0 aromatic carbocycles. The summed E-state index contributed by atoms with van der Waals surface area (Å²) in [4.78, 5) is 33.7. The van der Waals surface area contributed by atoms with E-state index < -0.39 is 5.97 Å². The Hall–Kier alpha value is -4.18. The maximum Gasteiger partial charge on any atom is 0.355 e. The molecule has 5 heterocycles. The van der Waals surface area contributed by atoms with Crippen LogP contribution >= 0.6 is 11.6 Å². The number of hydrogen-bond acceptors (Lipinski definition) is 6. The molecule has 10 nitrogen and oxygen atoms in total. The molecule has 0 bridgehead atoms. The van der Waals surface area contributed by atoms with Crippen LogP contribution in [0.4, 0.5) is 0 Å². The van der Waals surface area contributed by atoms with Gasteiger partial charge in [0, 0.05) is 23.6 Å². The molecule has 0 aliphatic carbocycles. The lowest BCUT2D eigenvalue weighted by molar-refractivity contribution is 0.0517. The third-order valence-corrected chi connectivity index (χ3v) is 5.48. The number of esters is 1. The third-order valence-electron chi connectivity index (χ3n) is 5.24. The van der Waals surface area contributed by atoms with Crippen LogP contribution in [0, 0.1) is 0 Å². The molecular formula is C23H20ClN7O3. The number of nitrogens with one attached hydrogen (secondary N) is 1. The lowest BCUT2D eigenvalue weighted by Gasteiger charge is -2.03. The second kappa shape index (κ2) is 8.99. The van der Waals surface area contributed by atoms with E-state index in [-0.39, 0.29) is 12.5 Å². The Labute approximate surface area is 198 Å². The van der Waals surface area contributed by atoms with Gasteiger partial charge >= 0.3 is 5.97 Å². The average Bonchev–Trinajstić information content (AvgIpc) is 3.55. The number of nitrogens with zero attached hydrogens (tertiary/aromatic N) is 6. The average molecular weight is 478 g/mol. The quantitative estimate of drug-likeness (QED) is 0.361. The van der Waals surface area contributed by atoms with Crippen molar-refractivity contribution < 1.29 is 14.3 Å². The minimum absolute atomic E-state index is 0.254. The van der Waals surface area contributed by atoms with Crippen LogP contribution in [0.15, 0.2) is 61.4 Å². The van der Waals surface area contributed by atoms with Crippen LogP contribution in [0.5, 0.6) is 0 Å². The van der Waals surface area contributed by atoms with Crippen molar-refractivity contribution in [2.24, 2.45) is 0 Å². The smallest absolute Gasteiger partial charge is 0.355 e. The fraction of sp³-hybridized carbons (Fsp3) is 0.174. The molecule has 0 aliphatic rings. The molecule has 0 aliphatic heterocycles. The van der Waals surface area contributed by atoms with Crippen LogP contribution in [-0.2, 0) is 17.8 Å². The number of amides is 1. The first-order valence-electron chi connectivity index (χ1n) is 10.6. The Balaban J connectivity index is 1.28. The van der Waals surface area contributed by atoms with E-state index in [9.17, 15) is 9.59 Å². The van der Waals surface area contributed by atoms with E-state index >= 15 is 0 Å². The number of carbonyl (C=O) groups is 2. The number of ether oxygens (including phenoxy) is 1.